The Hall–Kier alpha value is -3.36. The summed E-state index contributed by atoms with van der Waals surface area (Å²) in [6, 6.07) is 19.9. The van der Waals surface area contributed by atoms with Crippen molar-refractivity contribution in [1.82, 2.24) is 10.2 Å². The maximum absolute atomic E-state index is 14.1. The number of hydrogen-bond acceptors (Lipinski definition) is 4. The zero-order chi connectivity index (χ0) is 29.3. The van der Waals surface area contributed by atoms with Gasteiger partial charge in [-0.25, -0.2) is 8.42 Å². The molecule has 0 spiro atoms. The second-order valence-electron chi connectivity index (χ2n) is 9.83. The Morgan fingerprint density at radius 1 is 0.950 bits per heavy atom. The molecule has 0 fully saturated rings. The molecule has 0 radical (unpaired) electrons. The third-order valence-corrected chi connectivity index (χ3v) is 8.71. The first-order valence-corrected chi connectivity index (χ1v) is 15.4. The van der Waals surface area contributed by atoms with Crippen LogP contribution in [0.5, 0.6) is 0 Å². The molecule has 214 valence electrons. The maximum atomic E-state index is 14.1. The first-order chi connectivity index (χ1) is 19.1. The Labute approximate surface area is 243 Å². The summed E-state index contributed by atoms with van der Waals surface area (Å²) in [6.45, 7) is 7.78. The van der Waals surface area contributed by atoms with Crippen LogP contribution in [0.15, 0.2) is 77.7 Å². The number of aryl methyl sites for hydroxylation is 2. The highest BCUT2D eigenvalue weighted by Crippen LogP contribution is 2.30. The number of hydrogen-bond donors (Lipinski definition) is 1. The van der Waals surface area contributed by atoms with E-state index in [1.165, 1.54) is 17.0 Å². The van der Waals surface area contributed by atoms with Crippen molar-refractivity contribution in [1.29, 1.82) is 0 Å². The fraction of sp³-hybridized carbons (Fsp3) is 0.355. The number of sulfonamides is 1. The van der Waals surface area contributed by atoms with E-state index in [0.29, 0.717) is 29.2 Å². The van der Waals surface area contributed by atoms with Crippen molar-refractivity contribution in [3.8, 4) is 0 Å². The number of nitrogens with one attached hydrogen (secondary N) is 1. The molecule has 3 aromatic carbocycles. The summed E-state index contributed by atoms with van der Waals surface area (Å²) < 4.78 is 29.0. The molecule has 2 amide bonds. The molecule has 0 aliphatic carbocycles. The molecule has 0 saturated carbocycles. The fourth-order valence-electron chi connectivity index (χ4n) is 4.52. The Morgan fingerprint density at radius 2 is 1.68 bits per heavy atom. The molecule has 3 rings (SSSR count). The molecule has 0 aromatic heterocycles. The van der Waals surface area contributed by atoms with E-state index in [-0.39, 0.29) is 17.3 Å². The molecule has 40 heavy (non-hydrogen) atoms. The molecule has 0 bridgehead atoms. The van der Waals surface area contributed by atoms with E-state index in [9.17, 15) is 18.0 Å². The Kier molecular flexibility index (Phi) is 11.2. The molecule has 3 aromatic rings. The van der Waals surface area contributed by atoms with Gasteiger partial charge in [-0.3, -0.25) is 13.9 Å². The Balaban J connectivity index is 2.07. The maximum Gasteiger partial charge on any atom is 0.264 e. The lowest BCUT2D eigenvalue weighted by atomic mass is 10.1. The van der Waals surface area contributed by atoms with Crippen LogP contribution in [-0.4, -0.2) is 44.3 Å². The molecular weight excluding hydrogens is 546 g/mol. The highest BCUT2D eigenvalue weighted by Gasteiger charge is 2.34. The molecule has 0 heterocycles. The minimum atomic E-state index is -4.15. The number of amides is 2. The van der Waals surface area contributed by atoms with Crippen molar-refractivity contribution in [2.24, 2.45) is 0 Å². The van der Waals surface area contributed by atoms with Crippen molar-refractivity contribution in [2.45, 2.75) is 64.4 Å². The van der Waals surface area contributed by atoms with Crippen LogP contribution in [0.3, 0.4) is 0 Å². The standard InChI is InChI=1S/C31H38ClN3O4S/c1-5-7-18-33-31(37)28(6-2)34(21-25-13-11-12-23(3)19-25)30(36)22-35(29-20-26(32)17-16-24(29)4)40(38,39)27-14-9-8-10-15-27/h8-17,19-20,28H,5-7,18,21-22H2,1-4H3,(H,33,37)/t28-/m1/s1. The van der Waals surface area contributed by atoms with Gasteiger partial charge in [0, 0.05) is 18.1 Å². The Morgan fingerprint density at radius 3 is 2.33 bits per heavy atom. The van der Waals surface area contributed by atoms with Gasteiger partial charge in [0.1, 0.15) is 12.6 Å². The summed E-state index contributed by atoms with van der Waals surface area (Å²) in [7, 11) is -4.15. The van der Waals surface area contributed by atoms with Crippen molar-refractivity contribution in [2.75, 3.05) is 17.4 Å². The lowest BCUT2D eigenvalue weighted by molar-refractivity contribution is -0.140. The molecule has 0 aliphatic heterocycles. The minimum absolute atomic E-state index is 0.0526. The van der Waals surface area contributed by atoms with E-state index in [0.717, 1.165) is 28.3 Å². The number of rotatable bonds is 13. The van der Waals surface area contributed by atoms with Gasteiger partial charge in [-0.2, -0.15) is 0 Å². The predicted octanol–water partition coefficient (Wildman–Crippen LogP) is 5.88. The lowest BCUT2D eigenvalue weighted by Gasteiger charge is -2.33. The normalized spacial score (nSPS) is 12.0. The largest absolute Gasteiger partial charge is 0.354 e. The predicted molar refractivity (Wildman–Crippen MR) is 161 cm³/mol. The summed E-state index contributed by atoms with van der Waals surface area (Å²) in [4.78, 5) is 28.9. The van der Waals surface area contributed by atoms with E-state index in [1.54, 1.807) is 43.3 Å². The van der Waals surface area contributed by atoms with Crippen LogP contribution in [0.4, 0.5) is 5.69 Å². The van der Waals surface area contributed by atoms with Crippen LogP contribution in [-0.2, 0) is 26.2 Å². The number of carbonyl (C=O) groups excluding carboxylic acids is 2. The van der Waals surface area contributed by atoms with Crippen molar-refractivity contribution in [3.63, 3.8) is 0 Å². The van der Waals surface area contributed by atoms with Crippen molar-refractivity contribution >= 4 is 39.1 Å². The van der Waals surface area contributed by atoms with Gasteiger partial charge < -0.3 is 10.2 Å². The average Bonchev–Trinajstić information content (AvgIpc) is 2.93. The van der Waals surface area contributed by atoms with Crippen LogP contribution in [0, 0.1) is 13.8 Å². The van der Waals surface area contributed by atoms with Gasteiger partial charge in [0.25, 0.3) is 10.0 Å². The van der Waals surface area contributed by atoms with Gasteiger partial charge in [0.2, 0.25) is 11.8 Å². The van der Waals surface area contributed by atoms with E-state index in [4.69, 9.17) is 11.6 Å². The fourth-order valence-corrected chi connectivity index (χ4v) is 6.18. The topological polar surface area (TPSA) is 86.8 Å². The monoisotopic (exact) mass is 583 g/mol. The number of benzene rings is 3. The van der Waals surface area contributed by atoms with Gasteiger partial charge >= 0.3 is 0 Å². The van der Waals surface area contributed by atoms with Gasteiger partial charge in [-0.05, 0) is 62.1 Å². The van der Waals surface area contributed by atoms with Crippen LogP contribution in [0.25, 0.3) is 0 Å². The first kappa shape index (κ1) is 31.2. The summed E-state index contributed by atoms with van der Waals surface area (Å²) >= 11 is 6.28. The molecule has 0 saturated heterocycles. The van der Waals surface area contributed by atoms with Crippen LogP contribution in [0.1, 0.15) is 49.8 Å². The van der Waals surface area contributed by atoms with Crippen LogP contribution in [0.2, 0.25) is 5.02 Å². The molecule has 0 aliphatic rings. The van der Waals surface area contributed by atoms with Crippen LogP contribution < -0.4 is 9.62 Å². The molecule has 0 unspecified atom stereocenters. The first-order valence-electron chi connectivity index (χ1n) is 13.5. The smallest absolute Gasteiger partial charge is 0.264 e. The number of anilines is 1. The molecule has 1 N–H and O–H groups in total. The number of halogens is 1. The quantitative estimate of drug-likeness (QED) is 0.255. The zero-order valence-electron chi connectivity index (χ0n) is 23.6. The van der Waals surface area contributed by atoms with Crippen molar-refractivity contribution < 1.29 is 18.0 Å². The third-order valence-electron chi connectivity index (χ3n) is 6.70. The van der Waals surface area contributed by atoms with E-state index in [2.05, 4.69) is 5.32 Å². The highest BCUT2D eigenvalue weighted by atomic mass is 35.5. The summed E-state index contributed by atoms with van der Waals surface area (Å²) in [5.74, 6) is -0.744. The summed E-state index contributed by atoms with van der Waals surface area (Å²) in [5, 5.41) is 3.29. The minimum Gasteiger partial charge on any atom is -0.354 e. The lowest BCUT2D eigenvalue weighted by Crippen LogP contribution is -2.52. The average molecular weight is 584 g/mol. The molecule has 9 heteroatoms. The van der Waals surface area contributed by atoms with Gasteiger partial charge in [-0.1, -0.05) is 86.0 Å². The molecule has 1 atom stereocenters. The number of unbranched alkanes of at least 4 members (excludes halogenated alkanes) is 1. The second-order valence-corrected chi connectivity index (χ2v) is 12.1. The Bertz CT molecular complexity index is 1410. The highest BCUT2D eigenvalue weighted by molar-refractivity contribution is 7.92. The summed E-state index contributed by atoms with van der Waals surface area (Å²) in [5.41, 5.74) is 2.82. The summed E-state index contributed by atoms with van der Waals surface area (Å²) in [6.07, 6.45) is 2.12. The van der Waals surface area contributed by atoms with Gasteiger partial charge in [-0.15, -0.1) is 0 Å². The van der Waals surface area contributed by atoms with Gasteiger partial charge in [0.05, 0.1) is 10.6 Å². The van der Waals surface area contributed by atoms with E-state index < -0.39 is 28.5 Å². The van der Waals surface area contributed by atoms with Crippen molar-refractivity contribution in [3.05, 3.63) is 94.5 Å². The number of carbonyl (C=O) groups is 2. The SMILES string of the molecule is CCCCNC(=O)[C@@H](CC)N(Cc1cccc(C)c1)C(=O)CN(c1cc(Cl)ccc1C)S(=O)(=O)c1ccccc1. The van der Waals surface area contributed by atoms with E-state index >= 15 is 0 Å². The van der Waals surface area contributed by atoms with Crippen LogP contribution >= 0.6 is 11.6 Å². The second kappa shape index (κ2) is 14.3. The molecular formula is C31H38ClN3O4S. The zero-order valence-corrected chi connectivity index (χ0v) is 25.1. The number of nitrogens with zero attached hydrogens (tertiary/aromatic N) is 2. The third kappa shape index (κ3) is 7.86. The molecule has 7 nitrogen and oxygen atoms in total. The van der Waals surface area contributed by atoms with E-state index in [1.807, 2.05) is 45.0 Å². The van der Waals surface area contributed by atoms with Gasteiger partial charge in [0.15, 0.2) is 0 Å².